The largest absolute Gasteiger partial charge is 0.256 e. The highest BCUT2D eigenvalue weighted by Gasteiger charge is 2.01. The van der Waals surface area contributed by atoms with Crippen molar-refractivity contribution in [2.45, 2.75) is 33.6 Å². The average Bonchev–Trinajstić information content (AvgIpc) is 2.35. The summed E-state index contributed by atoms with van der Waals surface area (Å²) in [6.07, 6.45) is 8.51. The lowest BCUT2D eigenvalue weighted by molar-refractivity contribution is 0.646. The van der Waals surface area contributed by atoms with Crippen LogP contribution >= 0.6 is 0 Å². The average molecular weight is 239 g/mol. The molecule has 0 aliphatic rings. The van der Waals surface area contributed by atoms with Crippen LogP contribution in [0, 0.1) is 5.92 Å². The molecule has 0 spiro atoms. The number of rotatable bonds is 4. The molecule has 0 amide bonds. The minimum atomic E-state index is 0.677. The second-order valence-corrected chi connectivity index (χ2v) is 5.20. The fraction of sp³-hybridized carbons (Fsp3) is 0.353. The van der Waals surface area contributed by atoms with Gasteiger partial charge in [-0.2, -0.15) is 0 Å². The maximum Gasteiger partial charge on any atom is 0.0708 e. The Morgan fingerprint density at radius 3 is 2.78 bits per heavy atom. The zero-order valence-corrected chi connectivity index (χ0v) is 11.5. The van der Waals surface area contributed by atoms with Crippen molar-refractivity contribution in [2.75, 3.05) is 0 Å². The fourth-order valence-corrected chi connectivity index (χ4v) is 2.12. The number of hydrogen-bond acceptors (Lipinski definition) is 1. The van der Waals surface area contributed by atoms with Gasteiger partial charge >= 0.3 is 0 Å². The monoisotopic (exact) mass is 239 g/mol. The summed E-state index contributed by atoms with van der Waals surface area (Å²) in [5, 5.41) is 1.24. The van der Waals surface area contributed by atoms with Gasteiger partial charge in [0.15, 0.2) is 0 Å². The molecule has 2 aromatic rings. The molecule has 0 N–H and O–H groups in total. The molecule has 0 atom stereocenters. The first-order chi connectivity index (χ1) is 8.69. The van der Waals surface area contributed by atoms with Crippen LogP contribution in [-0.2, 0) is 6.42 Å². The molecule has 1 heteroatoms. The molecule has 0 bridgehead atoms. The van der Waals surface area contributed by atoms with Gasteiger partial charge in [-0.3, -0.25) is 4.98 Å². The fourth-order valence-electron chi connectivity index (χ4n) is 2.12. The summed E-state index contributed by atoms with van der Waals surface area (Å²) in [5.74, 6) is 0.677. The lowest BCUT2D eigenvalue weighted by atomic mass is 10.0. The van der Waals surface area contributed by atoms with Crippen LogP contribution in [0.4, 0.5) is 0 Å². The third-order valence-electron chi connectivity index (χ3n) is 2.95. The zero-order valence-electron chi connectivity index (χ0n) is 11.5. The Kier molecular flexibility index (Phi) is 4.14. The van der Waals surface area contributed by atoms with Crippen LogP contribution in [0.5, 0.6) is 0 Å². The first kappa shape index (κ1) is 12.8. The predicted molar refractivity (Wildman–Crippen MR) is 79.6 cm³/mol. The summed E-state index contributed by atoms with van der Waals surface area (Å²) in [6, 6.07) is 8.74. The first-order valence-corrected chi connectivity index (χ1v) is 6.74. The highest BCUT2D eigenvalue weighted by atomic mass is 14.6. The molecule has 1 heterocycles. The Morgan fingerprint density at radius 1 is 1.22 bits per heavy atom. The van der Waals surface area contributed by atoms with Crippen LogP contribution in [0.15, 0.2) is 36.5 Å². The highest BCUT2D eigenvalue weighted by Crippen LogP contribution is 2.18. The first-order valence-electron chi connectivity index (χ1n) is 6.74. The van der Waals surface area contributed by atoms with E-state index in [0.29, 0.717) is 5.92 Å². The van der Waals surface area contributed by atoms with E-state index in [-0.39, 0.29) is 0 Å². The quantitative estimate of drug-likeness (QED) is 0.742. The molecule has 2 rings (SSSR count). The van der Waals surface area contributed by atoms with E-state index >= 15 is 0 Å². The van der Waals surface area contributed by atoms with Gasteiger partial charge in [0.25, 0.3) is 0 Å². The van der Waals surface area contributed by atoms with Gasteiger partial charge in [0.2, 0.25) is 0 Å². The van der Waals surface area contributed by atoms with E-state index in [0.717, 1.165) is 18.4 Å². The van der Waals surface area contributed by atoms with Gasteiger partial charge < -0.3 is 0 Å². The summed E-state index contributed by atoms with van der Waals surface area (Å²) in [7, 11) is 0. The lowest BCUT2D eigenvalue weighted by Gasteiger charge is -2.06. The molecule has 0 fully saturated rings. The van der Waals surface area contributed by atoms with Crippen LogP contribution in [0.1, 0.15) is 38.3 Å². The number of fused-ring (bicyclic) bond motifs is 1. The highest BCUT2D eigenvalue weighted by molar-refractivity contribution is 5.81. The predicted octanol–water partition coefficient (Wildman–Crippen LogP) is 4.86. The number of nitrogens with zero attached hydrogens (tertiary/aromatic N) is 1. The van der Waals surface area contributed by atoms with Crippen molar-refractivity contribution in [3.63, 3.8) is 0 Å². The van der Waals surface area contributed by atoms with Crippen molar-refractivity contribution < 1.29 is 0 Å². The molecule has 0 aliphatic heterocycles. The van der Waals surface area contributed by atoms with Gasteiger partial charge in [0, 0.05) is 11.6 Å². The number of allylic oxidation sites excluding steroid dienone is 1. The maximum absolute atomic E-state index is 4.57. The Morgan fingerprint density at radius 2 is 2.06 bits per heavy atom. The molecular weight excluding hydrogens is 218 g/mol. The number of hydrogen-bond donors (Lipinski definition) is 0. The molecule has 1 nitrogen and oxygen atoms in total. The van der Waals surface area contributed by atoms with Gasteiger partial charge in [-0.25, -0.2) is 0 Å². The molecule has 0 radical (unpaired) electrons. The maximum atomic E-state index is 4.57. The van der Waals surface area contributed by atoms with Gasteiger partial charge in [-0.05, 0) is 42.0 Å². The number of pyridine rings is 1. The summed E-state index contributed by atoms with van der Waals surface area (Å²) >= 11 is 0. The third-order valence-corrected chi connectivity index (χ3v) is 2.95. The van der Waals surface area contributed by atoms with Gasteiger partial charge in [-0.1, -0.05) is 45.1 Å². The molecule has 0 unspecified atom stereocenters. The number of benzene rings is 1. The SMILES string of the molecule is CC/C=C/c1ccc2cc(CC(C)C)cnc2c1. The Labute approximate surface area is 110 Å². The zero-order chi connectivity index (χ0) is 13.0. The smallest absolute Gasteiger partial charge is 0.0708 e. The summed E-state index contributed by atoms with van der Waals surface area (Å²) in [6.45, 7) is 6.62. The van der Waals surface area contributed by atoms with E-state index in [1.165, 1.54) is 16.5 Å². The van der Waals surface area contributed by atoms with E-state index in [1.54, 1.807) is 0 Å². The Balaban J connectivity index is 2.32. The molecule has 1 aromatic carbocycles. The van der Waals surface area contributed by atoms with Crippen LogP contribution in [0.2, 0.25) is 0 Å². The molecule has 94 valence electrons. The van der Waals surface area contributed by atoms with Crippen LogP contribution in [0.3, 0.4) is 0 Å². The molecule has 1 aromatic heterocycles. The van der Waals surface area contributed by atoms with Crippen LogP contribution in [-0.4, -0.2) is 4.98 Å². The summed E-state index contributed by atoms with van der Waals surface area (Å²) in [5.41, 5.74) is 3.64. The minimum Gasteiger partial charge on any atom is -0.256 e. The Hall–Kier alpha value is -1.63. The Bertz CT molecular complexity index is 553. The van der Waals surface area contributed by atoms with Crippen molar-refractivity contribution in [2.24, 2.45) is 5.92 Å². The van der Waals surface area contributed by atoms with Crippen molar-refractivity contribution in [3.05, 3.63) is 47.7 Å². The topological polar surface area (TPSA) is 12.9 Å². The molecule has 18 heavy (non-hydrogen) atoms. The number of aromatic nitrogens is 1. The van der Waals surface area contributed by atoms with Crippen LogP contribution < -0.4 is 0 Å². The molecular formula is C17H21N. The van der Waals surface area contributed by atoms with Crippen LogP contribution in [0.25, 0.3) is 17.0 Å². The van der Waals surface area contributed by atoms with E-state index in [2.05, 4.69) is 62.2 Å². The summed E-state index contributed by atoms with van der Waals surface area (Å²) < 4.78 is 0. The van der Waals surface area contributed by atoms with E-state index in [9.17, 15) is 0 Å². The summed E-state index contributed by atoms with van der Waals surface area (Å²) in [4.78, 5) is 4.57. The van der Waals surface area contributed by atoms with Crippen molar-refractivity contribution in [1.29, 1.82) is 0 Å². The van der Waals surface area contributed by atoms with Gasteiger partial charge in [0.05, 0.1) is 5.52 Å². The normalized spacial score (nSPS) is 11.8. The van der Waals surface area contributed by atoms with E-state index in [4.69, 9.17) is 0 Å². The van der Waals surface area contributed by atoms with E-state index in [1.807, 2.05) is 6.20 Å². The molecule has 0 saturated carbocycles. The second-order valence-electron chi connectivity index (χ2n) is 5.20. The van der Waals surface area contributed by atoms with Gasteiger partial charge in [0.1, 0.15) is 0 Å². The lowest BCUT2D eigenvalue weighted by Crippen LogP contribution is -1.95. The van der Waals surface area contributed by atoms with Crippen molar-refractivity contribution >= 4 is 17.0 Å². The standard InChI is InChI=1S/C17H21N/c1-4-5-6-14-7-8-16-10-15(9-13(2)3)12-18-17(16)11-14/h5-8,10-13H,4,9H2,1-3H3/b6-5+. The van der Waals surface area contributed by atoms with E-state index < -0.39 is 0 Å². The van der Waals surface area contributed by atoms with Crippen molar-refractivity contribution in [1.82, 2.24) is 4.98 Å². The third kappa shape index (κ3) is 3.19. The minimum absolute atomic E-state index is 0.677. The molecule has 0 saturated heterocycles. The van der Waals surface area contributed by atoms with Gasteiger partial charge in [-0.15, -0.1) is 0 Å². The second kappa shape index (κ2) is 5.81. The molecule has 0 aliphatic carbocycles. The van der Waals surface area contributed by atoms with Crippen molar-refractivity contribution in [3.8, 4) is 0 Å².